The third kappa shape index (κ3) is 4.32. The molecule has 0 atom stereocenters. The van der Waals surface area contributed by atoms with Crippen LogP contribution < -0.4 is 10.6 Å². The van der Waals surface area contributed by atoms with Crippen LogP contribution in [0.1, 0.15) is 37.7 Å². The number of carbonyl (C=O) groups is 1. The molecule has 1 amide bonds. The van der Waals surface area contributed by atoms with Crippen molar-refractivity contribution in [2.45, 2.75) is 45.1 Å². The largest absolute Gasteiger partial charge is 0.326 e. The van der Waals surface area contributed by atoms with Crippen molar-refractivity contribution >= 4 is 27.5 Å². The summed E-state index contributed by atoms with van der Waals surface area (Å²) < 4.78 is 1.03. The lowest BCUT2D eigenvalue weighted by atomic mass is 9.84. The predicted molar refractivity (Wildman–Crippen MR) is 86.9 cm³/mol. The van der Waals surface area contributed by atoms with E-state index in [0.717, 1.165) is 23.0 Å². The number of benzene rings is 1. The monoisotopic (exact) mass is 338 g/mol. The molecule has 3 nitrogen and oxygen atoms in total. The number of nitrogens with one attached hydrogen (secondary N) is 2. The molecule has 1 aromatic carbocycles. The van der Waals surface area contributed by atoms with Crippen LogP contribution in [0.4, 0.5) is 5.69 Å². The zero-order valence-corrected chi connectivity index (χ0v) is 13.8. The minimum Gasteiger partial charge on any atom is -0.326 e. The summed E-state index contributed by atoms with van der Waals surface area (Å²) in [6.07, 6.45) is 5.31. The Morgan fingerprint density at radius 3 is 2.60 bits per heavy atom. The Morgan fingerprint density at radius 1 is 1.30 bits per heavy atom. The summed E-state index contributed by atoms with van der Waals surface area (Å²) in [6.45, 7) is 2.04. The average molecular weight is 339 g/mol. The van der Waals surface area contributed by atoms with Crippen LogP contribution in [0.5, 0.6) is 0 Å². The Balaban J connectivity index is 1.82. The fraction of sp³-hybridized carbons (Fsp3) is 0.562. The Bertz CT molecular complexity index is 468. The van der Waals surface area contributed by atoms with Gasteiger partial charge in [-0.15, -0.1) is 0 Å². The van der Waals surface area contributed by atoms with Crippen molar-refractivity contribution in [3.63, 3.8) is 0 Å². The maximum atomic E-state index is 12.1. The smallest absolute Gasteiger partial charge is 0.224 e. The zero-order valence-electron chi connectivity index (χ0n) is 12.2. The number of rotatable bonds is 4. The van der Waals surface area contributed by atoms with E-state index in [2.05, 4.69) is 26.6 Å². The lowest BCUT2D eigenvalue weighted by molar-refractivity contribution is -0.117. The standard InChI is InChI=1S/C16H23BrN2O/c1-11-3-6-14(10-15(11)17)19-16(20)9-12-4-7-13(18-2)8-5-12/h3,6,10,12-13,18H,4-5,7-9H2,1-2H3,(H,19,20). The van der Waals surface area contributed by atoms with Gasteiger partial charge in [-0.3, -0.25) is 4.79 Å². The number of carbonyl (C=O) groups excluding carboxylic acids is 1. The first-order valence-corrected chi connectivity index (χ1v) is 8.11. The van der Waals surface area contributed by atoms with Crippen molar-refractivity contribution in [2.24, 2.45) is 5.92 Å². The predicted octanol–water partition coefficient (Wildman–Crippen LogP) is 3.86. The molecule has 0 heterocycles. The van der Waals surface area contributed by atoms with Gasteiger partial charge in [0.05, 0.1) is 0 Å². The molecule has 1 fully saturated rings. The summed E-state index contributed by atoms with van der Waals surface area (Å²) >= 11 is 3.49. The van der Waals surface area contributed by atoms with Crippen molar-refractivity contribution in [1.29, 1.82) is 0 Å². The maximum absolute atomic E-state index is 12.1. The van der Waals surface area contributed by atoms with E-state index < -0.39 is 0 Å². The van der Waals surface area contributed by atoms with E-state index in [1.807, 2.05) is 32.2 Å². The van der Waals surface area contributed by atoms with Gasteiger partial charge in [0.2, 0.25) is 5.91 Å². The summed E-state index contributed by atoms with van der Waals surface area (Å²) in [5.41, 5.74) is 2.05. The molecule has 0 aliphatic heterocycles. The highest BCUT2D eigenvalue weighted by molar-refractivity contribution is 9.10. The van der Waals surface area contributed by atoms with E-state index >= 15 is 0 Å². The Hall–Kier alpha value is -0.870. The first-order valence-electron chi connectivity index (χ1n) is 7.31. The maximum Gasteiger partial charge on any atom is 0.224 e. The normalized spacial score (nSPS) is 22.6. The molecule has 0 unspecified atom stereocenters. The summed E-state index contributed by atoms with van der Waals surface area (Å²) in [5.74, 6) is 0.669. The minimum absolute atomic E-state index is 0.133. The summed E-state index contributed by atoms with van der Waals surface area (Å²) in [6, 6.07) is 6.57. The second kappa shape index (κ2) is 7.23. The number of hydrogen-bond acceptors (Lipinski definition) is 2. The van der Waals surface area contributed by atoms with Crippen LogP contribution in [0.3, 0.4) is 0 Å². The van der Waals surface area contributed by atoms with Gasteiger partial charge in [0.25, 0.3) is 0 Å². The molecule has 4 heteroatoms. The number of amides is 1. The third-order valence-electron chi connectivity index (χ3n) is 4.18. The van der Waals surface area contributed by atoms with Crippen LogP contribution in [0, 0.1) is 12.8 Å². The summed E-state index contributed by atoms with van der Waals surface area (Å²) in [5, 5.41) is 6.32. The lowest BCUT2D eigenvalue weighted by Gasteiger charge is -2.27. The van der Waals surface area contributed by atoms with Gasteiger partial charge in [-0.25, -0.2) is 0 Å². The molecule has 0 radical (unpaired) electrons. The molecule has 0 saturated heterocycles. The summed E-state index contributed by atoms with van der Waals surface area (Å²) in [7, 11) is 2.02. The highest BCUT2D eigenvalue weighted by Crippen LogP contribution is 2.27. The zero-order chi connectivity index (χ0) is 14.5. The third-order valence-corrected chi connectivity index (χ3v) is 5.04. The fourth-order valence-electron chi connectivity index (χ4n) is 2.80. The van der Waals surface area contributed by atoms with Crippen molar-refractivity contribution in [1.82, 2.24) is 5.32 Å². The van der Waals surface area contributed by atoms with Gasteiger partial charge in [0.15, 0.2) is 0 Å². The second-order valence-electron chi connectivity index (χ2n) is 5.72. The highest BCUT2D eigenvalue weighted by atomic mass is 79.9. The molecule has 1 aliphatic rings. The first-order chi connectivity index (χ1) is 9.58. The van der Waals surface area contributed by atoms with Crippen LogP contribution in [0.15, 0.2) is 22.7 Å². The fourth-order valence-corrected chi connectivity index (χ4v) is 3.18. The van der Waals surface area contributed by atoms with E-state index in [0.29, 0.717) is 18.4 Å². The van der Waals surface area contributed by atoms with Gasteiger partial charge in [-0.1, -0.05) is 22.0 Å². The molecular formula is C16H23BrN2O. The molecule has 0 aromatic heterocycles. The van der Waals surface area contributed by atoms with E-state index in [1.54, 1.807) is 0 Å². The van der Waals surface area contributed by atoms with Gasteiger partial charge < -0.3 is 10.6 Å². The van der Waals surface area contributed by atoms with Crippen molar-refractivity contribution in [3.8, 4) is 0 Å². The Labute approximate surface area is 129 Å². The van der Waals surface area contributed by atoms with E-state index in [4.69, 9.17) is 0 Å². The Kier molecular flexibility index (Phi) is 5.61. The molecule has 1 aliphatic carbocycles. The number of anilines is 1. The van der Waals surface area contributed by atoms with Crippen LogP contribution >= 0.6 is 15.9 Å². The second-order valence-corrected chi connectivity index (χ2v) is 6.58. The van der Waals surface area contributed by atoms with Crippen molar-refractivity contribution in [3.05, 3.63) is 28.2 Å². The SMILES string of the molecule is CNC1CCC(CC(=O)Nc2ccc(C)c(Br)c2)CC1. The van der Waals surface area contributed by atoms with Crippen LogP contribution in [0.25, 0.3) is 0 Å². The molecule has 20 heavy (non-hydrogen) atoms. The van der Waals surface area contributed by atoms with Crippen LogP contribution in [-0.2, 0) is 4.79 Å². The highest BCUT2D eigenvalue weighted by Gasteiger charge is 2.22. The summed E-state index contributed by atoms with van der Waals surface area (Å²) in [4.78, 5) is 12.1. The van der Waals surface area contributed by atoms with Gasteiger partial charge in [0.1, 0.15) is 0 Å². The van der Waals surface area contributed by atoms with Crippen molar-refractivity contribution < 1.29 is 4.79 Å². The molecule has 0 bridgehead atoms. The topological polar surface area (TPSA) is 41.1 Å². The van der Waals surface area contributed by atoms with Gasteiger partial charge in [-0.05, 0) is 63.3 Å². The minimum atomic E-state index is 0.133. The van der Waals surface area contributed by atoms with Crippen molar-refractivity contribution in [2.75, 3.05) is 12.4 Å². The number of aryl methyl sites for hydroxylation is 1. The number of hydrogen-bond donors (Lipinski definition) is 2. The van der Waals surface area contributed by atoms with Gasteiger partial charge >= 0.3 is 0 Å². The Morgan fingerprint density at radius 2 is 2.00 bits per heavy atom. The lowest BCUT2D eigenvalue weighted by Crippen LogP contribution is -2.31. The van der Waals surface area contributed by atoms with E-state index in [1.165, 1.54) is 18.4 Å². The average Bonchev–Trinajstić information content (AvgIpc) is 2.44. The molecule has 2 N–H and O–H groups in total. The molecule has 0 spiro atoms. The quantitative estimate of drug-likeness (QED) is 0.874. The molecule has 1 aromatic rings. The first kappa shape index (κ1) is 15.5. The molecular weight excluding hydrogens is 316 g/mol. The van der Waals surface area contributed by atoms with Gasteiger partial charge in [-0.2, -0.15) is 0 Å². The van der Waals surface area contributed by atoms with E-state index in [9.17, 15) is 4.79 Å². The molecule has 110 valence electrons. The van der Waals surface area contributed by atoms with Crippen LogP contribution in [-0.4, -0.2) is 19.0 Å². The molecule has 1 saturated carbocycles. The van der Waals surface area contributed by atoms with Crippen LogP contribution in [0.2, 0.25) is 0 Å². The van der Waals surface area contributed by atoms with Gasteiger partial charge in [0, 0.05) is 22.6 Å². The molecule has 2 rings (SSSR count). The number of halogens is 1. The van der Waals surface area contributed by atoms with E-state index in [-0.39, 0.29) is 5.91 Å².